The first-order valence-electron chi connectivity index (χ1n) is 6.61. The SMILES string of the molecule is CCc1cn(CCCNC)nc1-c1ccccc1. The number of aryl methyl sites for hydroxylation is 2. The quantitative estimate of drug-likeness (QED) is 0.791. The Kier molecular flexibility index (Phi) is 4.53. The molecule has 0 spiro atoms. The van der Waals surface area contributed by atoms with Crippen LogP contribution in [0.3, 0.4) is 0 Å². The molecule has 0 atom stereocenters. The Labute approximate surface area is 109 Å². The lowest BCUT2D eigenvalue weighted by Gasteiger charge is -2.00. The lowest BCUT2D eigenvalue weighted by atomic mass is 10.1. The van der Waals surface area contributed by atoms with Crippen LogP contribution in [0, 0.1) is 0 Å². The van der Waals surface area contributed by atoms with Gasteiger partial charge in [0, 0.05) is 18.3 Å². The molecule has 1 heterocycles. The summed E-state index contributed by atoms with van der Waals surface area (Å²) in [5.41, 5.74) is 3.66. The molecule has 0 aliphatic rings. The topological polar surface area (TPSA) is 29.9 Å². The van der Waals surface area contributed by atoms with Gasteiger partial charge in [0.1, 0.15) is 0 Å². The van der Waals surface area contributed by atoms with E-state index < -0.39 is 0 Å². The Morgan fingerprint density at radius 3 is 2.67 bits per heavy atom. The summed E-state index contributed by atoms with van der Waals surface area (Å²) in [5.74, 6) is 0. The van der Waals surface area contributed by atoms with Crippen LogP contribution in [-0.2, 0) is 13.0 Å². The highest BCUT2D eigenvalue weighted by Crippen LogP contribution is 2.22. The zero-order valence-electron chi connectivity index (χ0n) is 11.2. The Balaban J connectivity index is 2.19. The van der Waals surface area contributed by atoms with Crippen molar-refractivity contribution in [2.45, 2.75) is 26.3 Å². The zero-order valence-corrected chi connectivity index (χ0v) is 11.2. The van der Waals surface area contributed by atoms with E-state index in [1.165, 1.54) is 11.1 Å². The summed E-state index contributed by atoms with van der Waals surface area (Å²) >= 11 is 0. The van der Waals surface area contributed by atoms with E-state index in [4.69, 9.17) is 5.10 Å². The van der Waals surface area contributed by atoms with Gasteiger partial charge in [0.25, 0.3) is 0 Å². The predicted octanol–water partition coefficient (Wildman–Crippen LogP) is 2.72. The molecule has 96 valence electrons. The maximum Gasteiger partial charge on any atom is 0.0954 e. The monoisotopic (exact) mass is 243 g/mol. The molecule has 3 heteroatoms. The van der Waals surface area contributed by atoms with Gasteiger partial charge in [-0.3, -0.25) is 4.68 Å². The second-order valence-corrected chi connectivity index (χ2v) is 4.44. The number of hydrogen-bond acceptors (Lipinski definition) is 2. The summed E-state index contributed by atoms with van der Waals surface area (Å²) < 4.78 is 2.07. The highest BCUT2D eigenvalue weighted by Gasteiger charge is 2.08. The molecule has 1 N–H and O–H groups in total. The number of aromatic nitrogens is 2. The summed E-state index contributed by atoms with van der Waals surface area (Å²) in [7, 11) is 1.98. The van der Waals surface area contributed by atoms with Crippen LogP contribution in [0.15, 0.2) is 36.5 Å². The molecule has 0 aliphatic heterocycles. The van der Waals surface area contributed by atoms with E-state index in [0.29, 0.717) is 0 Å². The Morgan fingerprint density at radius 1 is 1.22 bits per heavy atom. The first kappa shape index (κ1) is 12.8. The smallest absolute Gasteiger partial charge is 0.0954 e. The minimum Gasteiger partial charge on any atom is -0.320 e. The fourth-order valence-electron chi connectivity index (χ4n) is 2.09. The fourth-order valence-corrected chi connectivity index (χ4v) is 2.09. The van der Waals surface area contributed by atoms with E-state index in [1.54, 1.807) is 0 Å². The molecule has 0 amide bonds. The molecule has 18 heavy (non-hydrogen) atoms. The molecule has 2 aromatic rings. The number of nitrogens with one attached hydrogen (secondary N) is 1. The molecular weight excluding hydrogens is 222 g/mol. The van der Waals surface area contributed by atoms with Gasteiger partial charge >= 0.3 is 0 Å². The molecule has 1 aromatic heterocycles. The number of benzene rings is 1. The van der Waals surface area contributed by atoms with Gasteiger partial charge in [-0.25, -0.2) is 0 Å². The molecule has 0 radical (unpaired) electrons. The van der Waals surface area contributed by atoms with Crippen LogP contribution in [0.25, 0.3) is 11.3 Å². The summed E-state index contributed by atoms with van der Waals surface area (Å²) in [6.07, 6.45) is 4.31. The molecular formula is C15H21N3. The number of nitrogens with zero attached hydrogens (tertiary/aromatic N) is 2. The third-order valence-electron chi connectivity index (χ3n) is 3.08. The van der Waals surface area contributed by atoms with Crippen LogP contribution in [0.4, 0.5) is 0 Å². The van der Waals surface area contributed by atoms with E-state index in [-0.39, 0.29) is 0 Å². The lowest BCUT2D eigenvalue weighted by Crippen LogP contribution is -2.11. The van der Waals surface area contributed by atoms with Crippen molar-refractivity contribution in [3.8, 4) is 11.3 Å². The molecule has 2 rings (SSSR count). The third kappa shape index (κ3) is 2.99. The van der Waals surface area contributed by atoms with E-state index >= 15 is 0 Å². The van der Waals surface area contributed by atoms with Crippen molar-refractivity contribution >= 4 is 0 Å². The maximum absolute atomic E-state index is 4.71. The minimum atomic E-state index is 0.973. The van der Waals surface area contributed by atoms with Crippen LogP contribution in [-0.4, -0.2) is 23.4 Å². The molecule has 0 unspecified atom stereocenters. The van der Waals surface area contributed by atoms with Gasteiger partial charge in [-0.05, 0) is 32.0 Å². The predicted molar refractivity (Wildman–Crippen MR) is 75.6 cm³/mol. The summed E-state index contributed by atoms with van der Waals surface area (Å²) in [6.45, 7) is 4.18. The highest BCUT2D eigenvalue weighted by molar-refractivity contribution is 5.62. The molecule has 3 nitrogen and oxygen atoms in total. The van der Waals surface area contributed by atoms with Gasteiger partial charge in [0.15, 0.2) is 0 Å². The van der Waals surface area contributed by atoms with Crippen molar-refractivity contribution in [2.24, 2.45) is 0 Å². The summed E-state index contributed by atoms with van der Waals surface area (Å²) in [6, 6.07) is 10.4. The van der Waals surface area contributed by atoms with Gasteiger partial charge in [-0.2, -0.15) is 5.10 Å². The summed E-state index contributed by atoms with van der Waals surface area (Å²) in [4.78, 5) is 0. The van der Waals surface area contributed by atoms with Crippen molar-refractivity contribution in [1.82, 2.24) is 15.1 Å². The first-order valence-corrected chi connectivity index (χ1v) is 6.61. The van der Waals surface area contributed by atoms with Crippen molar-refractivity contribution < 1.29 is 0 Å². The second kappa shape index (κ2) is 6.36. The average Bonchev–Trinajstić information content (AvgIpc) is 2.83. The molecule has 0 aliphatic carbocycles. The number of hydrogen-bond donors (Lipinski definition) is 1. The molecule has 0 saturated carbocycles. The minimum absolute atomic E-state index is 0.973. The molecule has 0 bridgehead atoms. The van der Waals surface area contributed by atoms with Gasteiger partial charge in [0.2, 0.25) is 0 Å². The Bertz CT molecular complexity index is 474. The van der Waals surface area contributed by atoms with Crippen molar-refractivity contribution in [1.29, 1.82) is 0 Å². The van der Waals surface area contributed by atoms with Crippen LogP contribution in [0.1, 0.15) is 18.9 Å². The summed E-state index contributed by atoms with van der Waals surface area (Å²) in [5, 5.41) is 7.88. The third-order valence-corrected chi connectivity index (χ3v) is 3.08. The van der Waals surface area contributed by atoms with Crippen LogP contribution < -0.4 is 5.32 Å². The van der Waals surface area contributed by atoms with E-state index in [9.17, 15) is 0 Å². The molecule has 1 aromatic carbocycles. The van der Waals surface area contributed by atoms with Gasteiger partial charge in [0.05, 0.1) is 5.69 Å². The second-order valence-electron chi connectivity index (χ2n) is 4.44. The van der Waals surface area contributed by atoms with Crippen LogP contribution in [0.2, 0.25) is 0 Å². The molecule has 0 fully saturated rings. The van der Waals surface area contributed by atoms with Crippen LogP contribution in [0.5, 0.6) is 0 Å². The van der Waals surface area contributed by atoms with Crippen molar-refractivity contribution in [3.05, 3.63) is 42.1 Å². The van der Waals surface area contributed by atoms with Crippen molar-refractivity contribution in [3.63, 3.8) is 0 Å². The Hall–Kier alpha value is -1.61. The normalized spacial score (nSPS) is 10.8. The highest BCUT2D eigenvalue weighted by atomic mass is 15.3. The molecule has 0 saturated heterocycles. The first-order chi connectivity index (χ1) is 8.85. The standard InChI is InChI=1S/C15H21N3/c1-3-13-12-18(11-7-10-16-2)17-15(13)14-8-5-4-6-9-14/h4-6,8-9,12,16H,3,7,10-11H2,1-2H3. The largest absolute Gasteiger partial charge is 0.320 e. The maximum atomic E-state index is 4.71. The van der Waals surface area contributed by atoms with E-state index in [2.05, 4.69) is 47.4 Å². The zero-order chi connectivity index (χ0) is 12.8. The average molecular weight is 243 g/mol. The fraction of sp³-hybridized carbons (Fsp3) is 0.400. The van der Waals surface area contributed by atoms with Crippen molar-refractivity contribution in [2.75, 3.05) is 13.6 Å². The van der Waals surface area contributed by atoms with Crippen LogP contribution >= 0.6 is 0 Å². The lowest BCUT2D eigenvalue weighted by molar-refractivity contribution is 0.563. The van der Waals surface area contributed by atoms with Gasteiger partial charge < -0.3 is 5.32 Å². The Morgan fingerprint density at radius 2 is 2.00 bits per heavy atom. The van der Waals surface area contributed by atoms with E-state index in [0.717, 1.165) is 31.6 Å². The van der Waals surface area contributed by atoms with Gasteiger partial charge in [-0.1, -0.05) is 37.3 Å². The number of rotatable bonds is 6. The van der Waals surface area contributed by atoms with E-state index in [1.807, 2.05) is 13.1 Å². The van der Waals surface area contributed by atoms with Gasteiger partial charge in [-0.15, -0.1) is 0 Å².